The van der Waals surface area contributed by atoms with Gasteiger partial charge in [0.2, 0.25) is 17.7 Å². The van der Waals surface area contributed by atoms with Crippen molar-refractivity contribution in [1.82, 2.24) is 16.0 Å². The zero-order valence-corrected chi connectivity index (χ0v) is 17.6. The summed E-state index contributed by atoms with van der Waals surface area (Å²) in [5.74, 6) is -5.43. The number of benzene rings is 1. The Morgan fingerprint density at radius 2 is 1.44 bits per heavy atom. The van der Waals surface area contributed by atoms with Crippen molar-refractivity contribution in [3.8, 4) is 0 Å². The maximum atomic E-state index is 12.4. The molecule has 1 rings (SSSR count). The minimum atomic E-state index is -1.57. The Bertz CT molecular complexity index is 830. The molecule has 5 atom stereocenters. The van der Waals surface area contributed by atoms with E-state index in [0.29, 0.717) is 5.56 Å². The van der Waals surface area contributed by atoms with Crippen LogP contribution in [0.5, 0.6) is 0 Å². The third-order valence-corrected chi connectivity index (χ3v) is 4.48. The molecular weight excluding hydrogens is 424 g/mol. The molecule has 0 heterocycles. The van der Waals surface area contributed by atoms with Crippen molar-refractivity contribution in [2.75, 3.05) is 0 Å². The van der Waals surface area contributed by atoms with E-state index < -0.39 is 66.4 Å². The topological polar surface area (TPSA) is 208 Å². The van der Waals surface area contributed by atoms with Gasteiger partial charge in [-0.15, -0.1) is 0 Å². The van der Waals surface area contributed by atoms with Gasteiger partial charge in [-0.2, -0.15) is 0 Å². The Hall–Kier alpha value is -3.51. The average Bonchev–Trinajstić information content (AvgIpc) is 2.72. The molecular formula is C20H28N4O8. The van der Waals surface area contributed by atoms with Crippen LogP contribution in [-0.4, -0.2) is 75.3 Å². The maximum absolute atomic E-state index is 12.4. The Labute approximate surface area is 184 Å². The van der Waals surface area contributed by atoms with E-state index in [4.69, 9.17) is 10.8 Å². The van der Waals surface area contributed by atoms with E-state index in [1.165, 1.54) is 13.8 Å². The van der Waals surface area contributed by atoms with Gasteiger partial charge < -0.3 is 37.0 Å². The van der Waals surface area contributed by atoms with Crippen LogP contribution < -0.4 is 21.7 Å². The first-order valence-electron chi connectivity index (χ1n) is 9.75. The second kappa shape index (κ2) is 12.4. The van der Waals surface area contributed by atoms with Gasteiger partial charge in [0.05, 0.1) is 12.5 Å². The number of aliphatic hydroxyl groups is 1. The van der Waals surface area contributed by atoms with Crippen LogP contribution in [0.1, 0.15) is 25.8 Å². The molecule has 0 aliphatic rings. The highest BCUT2D eigenvalue weighted by atomic mass is 16.4. The number of amides is 3. The normalized spacial score (nSPS) is 15.4. The van der Waals surface area contributed by atoms with Crippen LogP contribution in [0, 0.1) is 0 Å². The summed E-state index contributed by atoms with van der Waals surface area (Å²) in [6.45, 7) is 2.52. The predicted molar refractivity (Wildman–Crippen MR) is 111 cm³/mol. The molecule has 1 aromatic rings. The van der Waals surface area contributed by atoms with E-state index in [-0.39, 0.29) is 6.42 Å². The van der Waals surface area contributed by atoms with Crippen LogP contribution in [0.25, 0.3) is 0 Å². The summed E-state index contributed by atoms with van der Waals surface area (Å²) in [5.41, 5.74) is 6.15. The molecule has 0 radical (unpaired) electrons. The SMILES string of the molecule is CC(NC(=O)C(CC(=O)O)NC(=O)C(N)C(C)O)C(=O)NC(Cc1ccccc1)C(=O)O. The highest BCUT2D eigenvalue weighted by Gasteiger charge is 2.30. The molecule has 0 aliphatic carbocycles. The number of hydrogen-bond donors (Lipinski definition) is 7. The standard InChI is InChI=1S/C20H28N4O8/c1-10(17(28)24-14(20(31)32)8-12-6-4-3-5-7-12)22-18(29)13(9-15(26)27)23-19(30)16(21)11(2)25/h3-7,10-11,13-14,16,25H,8-9,21H2,1-2H3,(H,22,29)(H,23,30)(H,24,28)(H,26,27)(H,31,32). The number of carbonyl (C=O) groups is 5. The molecule has 8 N–H and O–H groups in total. The fourth-order valence-electron chi connectivity index (χ4n) is 2.60. The summed E-state index contributed by atoms with van der Waals surface area (Å²) in [5, 5.41) is 34.4. The second-order valence-corrected chi connectivity index (χ2v) is 7.24. The van der Waals surface area contributed by atoms with Crippen molar-refractivity contribution in [1.29, 1.82) is 0 Å². The molecule has 0 fully saturated rings. The first-order chi connectivity index (χ1) is 14.9. The molecule has 1 aromatic carbocycles. The van der Waals surface area contributed by atoms with E-state index in [9.17, 15) is 34.2 Å². The molecule has 32 heavy (non-hydrogen) atoms. The quantitative estimate of drug-likeness (QED) is 0.186. The molecule has 0 aromatic heterocycles. The predicted octanol–water partition coefficient (Wildman–Crippen LogP) is -2.03. The van der Waals surface area contributed by atoms with E-state index in [0.717, 1.165) is 0 Å². The number of carboxylic acids is 2. The number of carbonyl (C=O) groups excluding carboxylic acids is 3. The first-order valence-corrected chi connectivity index (χ1v) is 9.75. The summed E-state index contributed by atoms with van der Waals surface area (Å²) >= 11 is 0. The van der Waals surface area contributed by atoms with Gasteiger partial charge >= 0.3 is 11.9 Å². The van der Waals surface area contributed by atoms with Crippen LogP contribution in [-0.2, 0) is 30.4 Å². The first kappa shape index (κ1) is 26.5. The molecule has 0 bridgehead atoms. The number of aliphatic hydroxyl groups excluding tert-OH is 1. The fourth-order valence-corrected chi connectivity index (χ4v) is 2.60. The zero-order valence-electron chi connectivity index (χ0n) is 17.6. The monoisotopic (exact) mass is 452 g/mol. The molecule has 3 amide bonds. The number of hydrogen-bond acceptors (Lipinski definition) is 7. The highest BCUT2D eigenvalue weighted by molar-refractivity contribution is 5.95. The Morgan fingerprint density at radius 3 is 1.94 bits per heavy atom. The van der Waals surface area contributed by atoms with Crippen LogP contribution in [0.3, 0.4) is 0 Å². The van der Waals surface area contributed by atoms with Crippen molar-refractivity contribution in [3.63, 3.8) is 0 Å². The molecule has 12 nitrogen and oxygen atoms in total. The molecule has 0 saturated heterocycles. The van der Waals surface area contributed by atoms with Crippen LogP contribution in [0.15, 0.2) is 30.3 Å². The molecule has 0 saturated carbocycles. The summed E-state index contributed by atoms with van der Waals surface area (Å²) in [7, 11) is 0. The van der Waals surface area contributed by atoms with Gasteiger partial charge in [0.15, 0.2) is 0 Å². The smallest absolute Gasteiger partial charge is 0.326 e. The lowest BCUT2D eigenvalue weighted by Gasteiger charge is -2.23. The van der Waals surface area contributed by atoms with Crippen molar-refractivity contribution in [3.05, 3.63) is 35.9 Å². The maximum Gasteiger partial charge on any atom is 0.326 e. The number of aliphatic carboxylic acids is 2. The average molecular weight is 452 g/mol. The lowest BCUT2D eigenvalue weighted by Crippen LogP contribution is -2.58. The summed E-state index contributed by atoms with van der Waals surface area (Å²) in [6, 6.07) is 3.14. The number of rotatable bonds is 12. The number of nitrogens with one attached hydrogen (secondary N) is 3. The van der Waals surface area contributed by atoms with Gasteiger partial charge in [-0.1, -0.05) is 30.3 Å². The number of nitrogens with two attached hydrogens (primary N) is 1. The van der Waals surface area contributed by atoms with Crippen LogP contribution in [0.2, 0.25) is 0 Å². The van der Waals surface area contributed by atoms with E-state index in [2.05, 4.69) is 16.0 Å². The molecule has 5 unspecified atom stereocenters. The molecule has 12 heteroatoms. The Morgan fingerprint density at radius 1 is 0.875 bits per heavy atom. The summed E-state index contributed by atoms with van der Waals surface area (Å²) < 4.78 is 0. The van der Waals surface area contributed by atoms with Gasteiger partial charge in [0.25, 0.3) is 0 Å². The third kappa shape index (κ3) is 8.70. The van der Waals surface area contributed by atoms with E-state index >= 15 is 0 Å². The van der Waals surface area contributed by atoms with E-state index in [1.807, 2.05) is 0 Å². The van der Waals surface area contributed by atoms with E-state index in [1.54, 1.807) is 30.3 Å². The summed E-state index contributed by atoms with van der Waals surface area (Å²) in [6.07, 6.45) is -2.03. The molecule has 176 valence electrons. The number of carboxylic acid groups (broad SMARTS) is 2. The van der Waals surface area contributed by atoms with Crippen molar-refractivity contribution in [2.24, 2.45) is 5.73 Å². The minimum absolute atomic E-state index is 0.0114. The fraction of sp³-hybridized carbons (Fsp3) is 0.450. The van der Waals surface area contributed by atoms with Crippen molar-refractivity contribution < 1.29 is 39.3 Å². The van der Waals surface area contributed by atoms with Gasteiger partial charge in [-0.3, -0.25) is 19.2 Å². The summed E-state index contributed by atoms with van der Waals surface area (Å²) in [4.78, 5) is 59.4. The minimum Gasteiger partial charge on any atom is -0.481 e. The largest absolute Gasteiger partial charge is 0.481 e. The van der Waals surface area contributed by atoms with Gasteiger partial charge in [0, 0.05) is 6.42 Å². The lowest BCUT2D eigenvalue weighted by molar-refractivity contribution is -0.143. The Kier molecular flexibility index (Phi) is 10.3. The van der Waals surface area contributed by atoms with Crippen LogP contribution >= 0.6 is 0 Å². The zero-order chi connectivity index (χ0) is 24.4. The second-order valence-electron chi connectivity index (χ2n) is 7.24. The third-order valence-electron chi connectivity index (χ3n) is 4.48. The molecule has 0 aliphatic heterocycles. The Balaban J connectivity index is 2.79. The lowest BCUT2D eigenvalue weighted by atomic mass is 10.1. The van der Waals surface area contributed by atoms with Crippen LogP contribution in [0.4, 0.5) is 0 Å². The van der Waals surface area contributed by atoms with Gasteiger partial charge in [-0.05, 0) is 19.4 Å². The van der Waals surface area contributed by atoms with Gasteiger partial charge in [-0.25, -0.2) is 4.79 Å². The highest BCUT2D eigenvalue weighted by Crippen LogP contribution is 2.04. The van der Waals surface area contributed by atoms with Gasteiger partial charge in [0.1, 0.15) is 24.2 Å². The van der Waals surface area contributed by atoms with Crippen molar-refractivity contribution >= 4 is 29.7 Å². The molecule has 0 spiro atoms. The van der Waals surface area contributed by atoms with Crippen molar-refractivity contribution in [2.45, 2.75) is 57.0 Å².